The maximum Gasteiger partial charge on any atom is 0.227 e. The van der Waals surface area contributed by atoms with Gasteiger partial charge in [0.25, 0.3) is 0 Å². The number of hydrogen-bond acceptors (Lipinski definition) is 2. The predicted octanol–water partition coefficient (Wildman–Crippen LogP) is 3.12. The van der Waals surface area contributed by atoms with Crippen molar-refractivity contribution in [2.24, 2.45) is 5.73 Å². The van der Waals surface area contributed by atoms with Crippen LogP contribution in [0.2, 0.25) is 0 Å². The summed E-state index contributed by atoms with van der Waals surface area (Å²) in [7, 11) is 0. The third-order valence-corrected chi connectivity index (χ3v) is 4.26. The Morgan fingerprint density at radius 3 is 2.58 bits per heavy atom. The molecular formula is C20H22N3O. The van der Waals surface area contributed by atoms with E-state index in [4.69, 9.17) is 5.73 Å². The summed E-state index contributed by atoms with van der Waals surface area (Å²) in [4.78, 5) is 15.8. The van der Waals surface area contributed by atoms with E-state index in [1.165, 1.54) is 0 Å². The van der Waals surface area contributed by atoms with E-state index in [1.807, 2.05) is 61.7 Å². The Labute approximate surface area is 142 Å². The summed E-state index contributed by atoms with van der Waals surface area (Å²) in [5.74, 6) is 0.716. The highest BCUT2D eigenvalue weighted by Crippen LogP contribution is 2.22. The molecule has 0 bridgehead atoms. The SMILES string of the molecule is C[C](Cc1c[nH]c2ccccc12)C(=O)NC(CN)c1ccccc1. The van der Waals surface area contributed by atoms with Gasteiger partial charge in [0.05, 0.1) is 12.0 Å². The minimum Gasteiger partial charge on any atom is -0.361 e. The van der Waals surface area contributed by atoms with Gasteiger partial charge in [-0.15, -0.1) is 0 Å². The van der Waals surface area contributed by atoms with E-state index in [2.05, 4.69) is 16.4 Å². The number of carbonyl (C=O) groups is 1. The molecule has 1 unspecified atom stereocenters. The molecule has 4 heteroatoms. The molecule has 0 spiro atoms. The monoisotopic (exact) mass is 320 g/mol. The molecule has 24 heavy (non-hydrogen) atoms. The van der Waals surface area contributed by atoms with Crippen molar-refractivity contribution in [3.8, 4) is 0 Å². The summed E-state index contributed by atoms with van der Waals surface area (Å²) >= 11 is 0. The molecule has 3 aromatic rings. The maximum absolute atomic E-state index is 12.5. The number of aromatic amines is 1. The number of benzene rings is 2. The summed E-state index contributed by atoms with van der Waals surface area (Å²) in [5.41, 5.74) is 9.07. The first-order valence-corrected chi connectivity index (χ1v) is 8.12. The molecule has 0 fully saturated rings. The summed E-state index contributed by atoms with van der Waals surface area (Å²) < 4.78 is 0. The van der Waals surface area contributed by atoms with Crippen molar-refractivity contribution >= 4 is 16.8 Å². The molecule has 0 aliphatic carbocycles. The van der Waals surface area contributed by atoms with E-state index in [0.29, 0.717) is 13.0 Å². The van der Waals surface area contributed by atoms with Gasteiger partial charge in [0.15, 0.2) is 0 Å². The number of rotatable bonds is 6. The number of nitrogens with two attached hydrogens (primary N) is 1. The van der Waals surface area contributed by atoms with Gasteiger partial charge in [-0.05, 0) is 30.5 Å². The highest BCUT2D eigenvalue weighted by atomic mass is 16.1. The number of nitrogens with one attached hydrogen (secondary N) is 2. The quantitative estimate of drug-likeness (QED) is 0.653. The molecule has 0 aliphatic rings. The minimum atomic E-state index is -0.170. The Kier molecular flexibility index (Phi) is 4.96. The first-order valence-electron chi connectivity index (χ1n) is 8.12. The second-order valence-corrected chi connectivity index (χ2v) is 5.99. The zero-order valence-electron chi connectivity index (χ0n) is 13.8. The summed E-state index contributed by atoms with van der Waals surface area (Å²) in [6, 6.07) is 17.8. The van der Waals surface area contributed by atoms with Gasteiger partial charge < -0.3 is 16.0 Å². The van der Waals surface area contributed by atoms with Crippen LogP contribution in [-0.4, -0.2) is 17.4 Å². The van der Waals surface area contributed by atoms with Crippen molar-refractivity contribution in [1.82, 2.24) is 10.3 Å². The molecular weight excluding hydrogens is 298 g/mol. The van der Waals surface area contributed by atoms with Crippen molar-refractivity contribution < 1.29 is 4.79 Å². The zero-order valence-corrected chi connectivity index (χ0v) is 13.8. The van der Waals surface area contributed by atoms with Crippen LogP contribution in [0, 0.1) is 5.92 Å². The Bertz CT molecular complexity index is 810. The smallest absolute Gasteiger partial charge is 0.227 e. The van der Waals surface area contributed by atoms with Crippen molar-refractivity contribution in [1.29, 1.82) is 0 Å². The van der Waals surface area contributed by atoms with Gasteiger partial charge in [-0.2, -0.15) is 0 Å². The van der Waals surface area contributed by atoms with E-state index in [1.54, 1.807) is 0 Å². The lowest BCUT2D eigenvalue weighted by atomic mass is 9.98. The lowest BCUT2D eigenvalue weighted by Crippen LogP contribution is -2.36. The van der Waals surface area contributed by atoms with E-state index >= 15 is 0 Å². The van der Waals surface area contributed by atoms with Crippen LogP contribution in [0.5, 0.6) is 0 Å². The number of hydrogen-bond donors (Lipinski definition) is 3. The molecule has 1 atom stereocenters. The summed E-state index contributed by atoms with van der Waals surface area (Å²) in [6.45, 7) is 2.24. The van der Waals surface area contributed by atoms with Crippen LogP contribution in [0.15, 0.2) is 60.8 Å². The van der Waals surface area contributed by atoms with Crippen molar-refractivity contribution in [3.05, 3.63) is 77.8 Å². The van der Waals surface area contributed by atoms with Crippen molar-refractivity contribution in [2.45, 2.75) is 19.4 Å². The summed E-state index contributed by atoms with van der Waals surface area (Å²) in [6.07, 6.45) is 2.58. The van der Waals surface area contributed by atoms with Gasteiger partial charge in [0.1, 0.15) is 0 Å². The minimum absolute atomic E-state index is 0.0559. The lowest BCUT2D eigenvalue weighted by molar-refractivity contribution is -0.120. The number of carbonyl (C=O) groups excluding carboxylic acids is 1. The maximum atomic E-state index is 12.5. The van der Waals surface area contributed by atoms with Gasteiger partial charge in [-0.1, -0.05) is 48.5 Å². The van der Waals surface area contributed by atoms with Crippen LogP contribution in [0.3, 0.4) is 0 Å². The summed E-state index contributed by atoms with van der Waals surface area (Å²) in [5, 5.41) is 4.19. The molecule has 4 nitrogen and oxygen atoms in total. The first-order chi connectivity index (χ1) is 11.7. The lowest BCUT2D eigenvalue weighted by Gasteiger charge is -2.19. The van der Waals surface area contributed by atoms with E-state index in [-0.39, 0.29) is 11.9 Å². The molecule has 1 amide bonds. The highest BCUT2D eigenvalue weighted by molar-refractivity contribution is 5.91. The number of para-hydroxylation sites is 1. The fourth-order valence-corrected chi connectivity index (χ4v) is 2.89. The topological polar surface area (TPSA) is 70.9 Å². The number of aromatic nitrogens is 1. The number of H-pyrrole nitrogens is 1. The van der Waals surface area contributed by atoms with E-state index in [9.17, 15) is 4.79 Å². The van der Waals surface area contributed by atoms with E-state index in [0.717, 1.165) is 27.9 Å². The second kappa shape index (κ2) is 7.32. The molecule has 0 saturated heterocycles. The third kappa shape index (κ3) is 3.49. The third-order valence-electron chi connectivity index (χ3n) is 4.26. The van der Waals surface area contributed by atoms with Gasteiger partial charge in [-0.25, -0.2) is 0 Å². The Morgan fingerprint density at radius 1 is 1.12 bits per heavy atom. The standard InChI is InChI=1S/C20H22N3O/c1-14(11-16-13-22-18-10-6-5-9-17(16)18)20(24)23-19(12-21)15-7-3-2-4-8-15/h2-10,13,19,22H,11-12,21H2,1H3,(H,23,24). The zero-order chi connectivity index (χ0) is 16.9. The van der Waals surface area contributed by atoms with Gasteiger partial charge in [0.2, 0.25) is 5.91 Å². The Morgan fingerprint density at radius 2 is 1.83 bits per heavy atom. The average molecular weight is 320 g/mol. The molecule has 0 saturated carbocycles. The van der Waals surface area contributed by atoms with Crippen LogP contribution in [-0.2, 0) is 11.2 Å². The van der Waals surface area contributed by atoms with Crippen LogP contribution in [0.4, 0.5) is 0 Å². The largest absolute Gasteiger partial charge is 0.361 e. The molecule has 4 N–H and O–H groups in total. The van der Waals surface area contributed by atoms with Gasteiger partial charge in [0, 0.05) is 23.6 Å². The molecule has 3 rings (SSSR count). The van der Waals surface area contributed by atoms with Gasteiger partial charge >= 0.3 is 0 Å². The van der Waals surface area contributed by atoms with Crippen molar-refractivity contribution in [3.63, 3.8) is 0 Å². The second-order valence-electron chi connectivity index (χ2n) is 5.99. The van der Waals surface area contributed by atoms with E-state index < -0.39 is 0 Å². The molecule has 1 radical (unpaired) electrons. The van der Waals surface area contributed by atoms with Crippen molar-refractivity contribution in [2.75, 3.05) is 6.54 Å². The fraction of sp³-hybridized carbons (Fsp3) is 0.200. The molecule has 2 aromatic carbocycles. The highest BCUT2D eigenvalue weighted by Gasteiger charge is 2.20. The number of fused-ring (bicyclic) bond motifs is 1. The predicted molar refractivity (Wildman–Crippen MR) is 97.3 cm³/mol. The van der Waals surface area contributed by atoms with Crippen LogP contribution >= 0.6 is 0 Å². The molecule has 1 heterocycles. The molecule has 1 aromatic heterocycles. The molecule has 123 valence electrons. The average Bonchev–Trinajstić information content (AvgIpc) is 3.03. The number of amides is 1. The van der Waals surface area contributed by atoms with Gasteiger partial charge in [-0.3, -0.25) is 4.79 Å². The first kappa shape index (κ1) is 16.3. The van der Waals surface area contributed by atoms with Crippen LogP contribution < -0.4 is 11.1 Å². The molecule has 0 aliphatic heterocycles. The Balaban J connectivity index is 1.68. The van der Waals surface area contributed by atoms with Crippen LogP contribution in [0.1, 0.15) is 24.1 Å². The fourth-order valence-electron chi connectivity index (χ4n) is 2.89. The van der Waals surface area contributed by atoms with Crippen LogP contribution in [0.25, 0.3) is 10.9 Å². The Hall–Kier alpha value is -2.59. The normalized spacial score (nSPS) is 12.5.